The van der Waals surface area contributed by atoms with E-state index in [-0.39, 0.29) is 0 Å². The first-order valence-corrected chi connectivity index (χ1v) is 24.8. The fourth-order valence-electron chi connectivity index (χ4n) is 10.1. The first-order chi connectivity index (χ1) is 37.2. The van der Waals surface area contributed by atoms with Crippen LogP contribution in [0.3, 0.4) is 0 Å². The van der Waals surface area contributed by atoms with Gasteiger partial charge in [-0.3, -0.25) is 14.4 Å². The Bertz CT molecular complexity index is 1970. The third-order valence-corrected chi connectivity index (χ3v) is 14.3. The number of aliphatic hydroxyl groups excluding tert-OH is 17. The second kappa shape index (κ2) is 27.7. The maximum absolute atomic E-state index is 13.6. The van der Waals surface area contributed by atoms with Gasteiger partial charge < -0.3 is 155 Å². The highest BCUT2D eigenvalue weighted by atomic mass is 16.8. The Balaban J connectivity index is 1.43. The van der Waals surface area contributed by atoms with Gasteiger partial charge in [0, 0.05) is 20.3 Å². The van der Waals surface area contributed by atoms with Crippen LogP contribution in [0.4, 0.5) is 0 Å². The third kappa shape index (κ3) is 13.9. The summed E-state index contributed by atoms with van der Waals surface area (Å²) in [4.78, 5) is 43.7. The molecule has 6 aliphatic rings. The van der Waals surface area contributed by atoms with Crippen molar-refractivity contribution in [2.45, 2.75) is 217 Å². The maximum atomic E-state index is 13.6. The van der Waals surface area contributed by atoms with Crippen LogP contribution in [0.5, 0.6) is 0 Å². The van der Waals surface area contributed by atoms with E-state index in [1.165, 1.54) is 6.92 Å². The van der Waals surface area contributed by atoms with Crippen LogP contribution in [0.15, 0.2) is 0 Å². The van der Waals surface area contributed by atoms with Crippen LogP contribution in [0, 0.1) is 0 Å². The molecule has 0 aromatic heterocycles. The van der Waals surface area contributed by atoms with Crippen molar-refractivity contribution in [1.29, 1.82) is 0 Å². The van der Waals surface area contributed by atoms with Crippen LogP contribution in [-0.2, 0) is 71.3 Å². The summed E-state index contributed by atoms with van der Waals surface area (Å²) in [5.41, 5.74) is 0. The van der Waals surface area contributed by atoms with Crippen LogP contribution >= 0.6 is 0 Å². The van der Waals surface area contributed by atoms with Crippen molar-refractivity contribution in [2.24, 2.45) is 5.90 Å². The molecule has 0 spiro atoms. The Hall–Kier alpha value is -2.79. The quantitative estimate of drug-likeness (QED) is 0.0475. The lowest BCUT2D eigenvalue weighted by Crippen LogP contribution is -2.72. The van der Waals surface area contributed by atoms with Gasteiger partial charge in [0.2, 0.25) is 11.8 Å². The maximum Gasteiger partial charge on any atom is 0.364 e. The summed E-state index contributed by atoms with van der Waals surface area (Å²) >= 11 is 0. The molecule has 458 valence electrons. The molecule has 0 unspecified atom stereocenters. The number of carbonyl (C=O) groups excluding carboxylic acids is 2. The van der Waals surface area contributed by atoms with Gasteiger partial charge in [0.1, 0.15) is 128 Å². The van der Waals surface area contributed by atoms with Gasteiger partial charge >= 0.3 is 5.97 Å². The summed E-state index contributed by atoms with van der Waals surface area (Å²) in [7, 11) is 0. The zero-order chi connectivity index (χ0) is 58.7. The van der Waals surface area contributed by atoms with Gasteiger partial charge in [0.05, 0.1) is 51.3 Å². The summed E-state index contributed by atoms with van der Waals surface area (Å²) < 4.78 is 64.4. The van der Waals surface area contributed by atoms with Crippen LogP contribution in [-0.4, -0.2) is 332 Å². The number of amides is 2. The van der Waals surface area contributed by atoms with Crippen LogP contribution in [0.1, 0.15) is 27.2 Å². The molecule has 79 heavy (non-hydrogen) atoms. The minimum Gasteiger partial charge on any atom is -0.477 e. The predicted molar refractivity (Wildman–Crippen MR) is 241 cm³/mol. The Morgan fingerprint density at radius 3 is 1.62 bits per heavy atom. The fraction of sp³-hybridized carbons (Fsp3) is 0.930. The van der Waals surface area contributed by atoms with Crippen molar-refractivity contribution in [3.63, 3.8) is 0 Å². The SMILES string of the molecule is CC(=O)N[C@H]1[C@H](O[C@@H]2[C@H](O[C@]3(C(=O)O)C[C@H](O)[C@@H](NC(C)=O)[C@H]([C@H](O)[C@H](O)CO)O3)[C@@H](O)[C@H](O[C@H]3[C@H](O)[C@@H](O)[C@H](O)O[C@@H]3CO)O[C@@H]2CO)O[C@H](CO)[C@H](O)[C@@H]1O[C@@H]1O[C@H](CO)[C@H](O)[C@H](O)[C@H]1O[C@@H]1O[C@@H](C)[C@@H](O)[C@@H](O)[C@@H]1ON. The van der Waals surface area contributed by atoms with E-state index in [2.05, 4.69) is 10.6 Å². The molecule has 0 saturated carbocycles. The van der Waals surface area contributed by atoms with Crippen LogP contribution in [0.2, 0.25) is 0 Å². The Kier molecular flexibility index (Phi) is 22.9. The highest BCUT2D eigenvalue weighted by molar-refractivity contribution is 5.76. The number of aliphatic carboxylic acids is 1. The van der Waals surface area contributed by atoms with Crippen molar-refractivity contribution in [1.82, 2.24) is 10.6 Å². The minimum atomic E-state index is -3.38. The van der Waals surface area contributed by atoms with Gasteiger partial charge in [0.15, 0.2) is 37.6 Å². The van der Waals surface area contributed by atoms with E-state index in [1.54, 1.807) is 0 Å². The smallest absolute Gasteiger partial charge is 0.364 e. The largest absolute Gasteiger partial charge is 0.477 e. The summed E-state index contributed by atoms with van der Waals surface area (Å²) in [6, 6.07) is -3.74. The molecule has 0 aromatic rings. The van der Waals surface area contributed by atoms with E-state index < -0.39 is 247 Å². The zero-order valence-electron chi connectivity index (χ0n) is 42.3. The van der Waals surface area contributed by atoms with Crippen molar-refractivity contribution in [2.75, 3.05) is 33.0 Å². The molecule has 6 heterocycles. The number of carbonyl (C=O) groups is 3. The summed E-state index contributed by atoms with van der Waals surface area (Å²) in [5, 5.41) is 199. The average molecular weight is 1160 g/mol. The summed E-state index contributed by atoms with van der Waals surface area (Å²) in [5.74, 6) is -2.00. The summed E-state index contributed by atoms with van der Waals surface area (Å²) in [6.07, 6.45) is -58.1. The van der Waals surface area contributed by atoms with Crippen molar-refractivity contribution in [3.8, 4) is 0 Å². The highest BCUT2D eigenvalue weighted by Crippen LogP contribution is 2.41. The molecule has 0 bridgehead atoms. The van der Waals surface area contributed by atoms with Gasteiger partial charge in [-0.15, -0.1) is 0 Å². The molecule has 6 aliphatic heterocycles. The van der Waals surface area contributed by atoms with Gasteiger partial charge in [-0.05, 0) is 6.92 Å². The first-order valence-electron chi connectivity index (χ1n) is 24.8. The molecule has 0 aromatic carbocycles. The van der Waals surface area contributed by atoms with E-state index in [0.29, 0.717) is 0 Å². The Morgan fingerprint density at radius 2 is 1.05 bits per heavy atom. The van der Waals surface area contributed by atoms with E-state index in [1.807, 2.05) is 0 Å². The van der Waals surface area contributed by atoms with E-state index in [9.17, 15) is 106 Å². The first kappa shape index (κ1) is 65.4. The average Bonchev–Trinajstić information content (AvgIpc) is 3.44. The lowest BCUT2D eigenvalue weighted by atomic mass is 9.88. The normalized spacial score (nSPS) is 47.7. The number of rotatable bonds is 21. The summed E-state index contributed by atoms with van der Waals surface area (Å²) in [6.45, 7) is -2.46. The lowest BCUT2D eigenvalue weighted by Gasteiger charge is -2.53. The molecule has 6 saturated heterocycles. The topological polar surface area (TPSA) is 576 Å². The molecule has 22 N–H and O–H groups in total. The van der Waals surface area contributed by atoms with Crippen LogP contribution < -0.4 is 16.5 Å². The molecule has 0 radical (unpaired) electrons. The van der Waals surface area contributed by atoms with Gasteiger partial charge in [-0.1, -0.05) is 0 Å². The second-order valence-electron chi connectivity index (χ2n) is 19.7. The van der Waals surface area contributed by atoms with E-state index >= 15 is 0 Å². The van der Waals surface area contributed by atoms with E-state index in [0.717, 1.165) is 13.8 Å². The number of nitrogens with one attached hydrogen (secondary N) is 2. The number of carboxylic acids is 1. The highest BCUT2D eigenvalue weighted by Gasteiger charge is 2.62. The molecule has 36 nitrogen and oxygen atoms in total. The molecule has 31 atom stereocenters. The number of hydrogen-bond acceptors (Lipinski definition) is 33. The molecule has 0 aliphatic carbocycles. The molecular formula is C43H73N3O33. The second-order valence-corrected chi connectivity index (χ2v) is 19.7. The number of nitrogens with two attached hydrogens (primary N) is 1. The van der Waals surface area contributed by atoms with E-state index in [4.69, 9.17) is 62.8 Å². The van der Waals surface area contributed by atoms with Crippen molar-refractivity contribution < 1.29 is 163 Å². The molecule has 2 amide bonds. The van der Waals surface area contributed by atoms with Crippen molar-refractivity contribution >= 4 is 17.8 Å². The number of ether oxygens (including phenoxy) is 11. The predicted octanol–water partition coefficient (Wildman–Crippen LogP) is -13.7. The lowest BCUT2D eigenvalue weighted by molar-refractivity contribution is -0.405. The zero-order valence-corrected chi connectivity index (χ0v) is 42.3. The molecule has 6 rings (SSSR count). The minimum absolute atomic E-state index is 0.878. The van der Waals surface area contributed by atoms with Gasteiger partial charge in [-0.2, -0.15) is 0 Å². The van der Waals surface area contributed by atoms with Gasteiger partial charge in [0.25, 0.3) is 5.79 Å². The van der Waals surface area contributed by atoms with Gasteiger partial charge in [-0.25, -0.2) is 10.7 Å². The fourth-order valence-corrected chi connectivity index (χ4v) is 10.1. The molecular weight excluding hydrogens is 1090 g/mol. The third-order valence-electron chi connectivity index (χ3n) is 14.3. The van der Waals surface area contributed by atoms with Crippen LogP contribution in [0.25, 0.3) is 0 Å². The Labute approximate surface area is 447 Å². The Morgan fingerprint density at radius 1 is 0.557 bits per heavy atom. The molecule has 6 fully saturated rings. The number of carboxylic acid groups (broad SMARTS) is 1. The number of aliphatic hydroxyl groups is 17. The molecule has 36 heteroatoms. The van der Waals surface area contributed by atoms with Crippen molar-refractivity contribution in [3.05, 3.63) is 0 Å². The number of hydrogen-bond donors (Lipinski definition) is 21. The standard InChI is InChI=1S/C43H73N3O33/c1-10-21(56)25(60)36(79-44)41(68-10)76-35-26(61)23(58)15(6-48)71-40(35)75-32-20(46-12(3)53)38(70-16(7-49)24(32)59)74-31-18(9-51)72-39(73-30-17(8-50)69-37(65)28(63)27(30)62)29(64)34(31)78-43(42(66)67)4-13(54)19(45-11(2)52)33(77-43)22(57)14(55)5-47/h10,13-41,47-51,54-65H,4-9,44H2,1-3H3,(H,45,52)(H,46,53)(H,66,67)/t10-,13-,14+,15+,16+,17+,18+,19+,20+,21+,22+,23-,24-,25+,26-,27+,28+,29+,30+,31-,32+,33+,34+,35+,36-,37+,38-,39-,40-,41-,43-/m0/s1. The monoisotopic (exact) mass is 1160 g/mol.